The van der Waals surface area contributed by atoms with Gasteiger partial charge in [-0.25, -0.2) is 0 Å². The van der Waals surface area contributed by atoms with Crippen molar-refractivity contribution in [3.05, 3.63) is 26.6 Å². The van der Waals surface area contributed by atoms with Crippen LogP contribution in [0.25, 0.3) is 0 Å². The van der Waals surface area contributed by atoms with Crippen LogP contribution in [0, 0.1) is 5.41 Å². The molecule has 0 bridgehead atoms. The minimum Gasteiger partial charge on any atom is -0.491 e. The van der Waals surface area contributed by atoms with E-state index in [4.69, 9.17) is 4.74 Å². The Morgan fingerprint density at radius 1 is 1.36 bits per heavy atom. The molecular formula is C17H21Br2NO2. The summed E-state index contributed by atoms with van der Waals surface area (Å²) in [5.41, 5.74) is 0.207. The van der Waals surface area contributed by atoms with Crippen LogP contribution in [-0.4, -0.2) is 36.4 Å². The van der Waals surface area contributed by atoms with Gasteiger partial charge in [-0.15, -0.1) is 0 Å². The summed E-state index contributed by atoms with van der Waals surface area (Å²) in [7, 11) is 0. The van der Waals surface area contributed by atoms with E-state index in [9.17, 15) is 4.79 Å². The van der Waals surface area contributed by atoms with E-state index < -0.39 is 5.41 Å². The summed E-state index contributed by atoms with van der Waals surface area (Å²) in [6.45, 7) is 6.60. The minimum absolute atomic E-state index is 0.188. The number of hydrogen-bond acceptors (Lipinski definition) is 3. The zero-order valence-electron chi connectivity index (χ0n) is 13.0. The van der Waals surface area contributed by atoms with Gasteiger partial charge in [0, 0.05) is 17.1 Å². The molecule has 2 heterocycles. The van der Waals surface area contributed by atoms with Crippen LogP contribution in [0.3, 0.4) is 0 Å². The molecule has 120 valence electrons. The van der Waals surface area contributed by atoms with E-state index in [1.165, 1.54) is 19.3 Å². The number of rotatable bonds is 2. The highest BCUT2D eigenvalue weighted by molar-refractivity contribution is 9.11. The number of likely N-dealkylation sites (tertiary alicyclic amines) is 1. The Labute approximate surface area is 148 Å². The quantitative estimate of drug-likeness (QED) is 0.682. The Morgan fingerprint density at radius 2 is 2.14 bits per heavy atom. The Balaban J connectivity index is 1.87. The van der Waals surface area contributed by atoms with Crippen LogP contribution in [0.4, 0.5) is 0 Å². The van der Waals surface area contributed by atoms with E-state index in [1.807, 2.05) is 19.1 Å². The van der Waals surface area contributed by atoms with Gasteiger partial charge in [-0.2, -0.15) is 0 Å². The predicted molar refractivity (Wildman–Crippen MR) is 94.7 cm³/mol. The van der Waals surface area contributed by atoms with Gasteiger partial charge >= 0.3 is 0 Å². The van der Waals surface area contributed by atoms with Crippen LogP contribution >= 0.6 is 31.9 Å². The highest BCUT2D eigenvalue weighted by Crippen LogP contribution is 2.41. The summed E-state index contributed by atoms with van der Waals surface area (Å²) in [6.07, 6.45) is 3.74. The van der Waals surface area contributed by atoms with E-state index in [-0.39, 0.29) is 5.78 Å². The summed E-state index contributed by atoms with van der Waals surface area (Å²) in [5.74, 6) is 0.867. The summed E-state index contributed by atoms with van der Waals surface area (Å²) in [5, 5.41) is 0. The summed E-state index contributed by atoms with van der Waals surface area (Å²) in [4.78, 5) is 15.5. The van der Waals surface area contributed by atoms with Gasteiger partial charge in [0.25, 0.3) is 0 Å². The van der Waals surface area contributed by atoms with Crippen molar-refractivity contribution in [2.45, 2.75) is 39.2 Å². The third-order valence-electron chi connectivity index (χ3n) is 4.83. The average Bonchev–Trinajstić information content (AvgIpc) is 2.46. The number of fused-ring (bicyclic) bond motifs is 1. The van der Waals surface area contributed by atoms with Crippen LogP contribution < -0.4 is 4.74 Å². The molecule has 0 saturated carbocycles. The molecule has 2 atom stereocenters. The molecule has 0 aliphatic carbocycles. The molecule has 22 heavy (non-hydrogen) atoms. The van der Waals surface area contributed by atoms with Gasteiger partial charge in [-0.1, -0.05) is 22.4 Å². The van der Waals surface area contributed by atoms with Crippen LogP contribution in [0.2, 0.25) is 0 Å². The number of nitrogens with zero attached hydrogens (tertiary/aromatic N) is 1. The Bertz CT molecular complexity index is 605. The second-order valence-electron chi connectivity index (χ2n) is 6.76. The molecule has 3 rings (SSSR count). The maximum Gasteiger partial charge on any atom is 0.177 e. The number of hydrogen-bond donors (Lipinski definition) is 0. The lowest BCUT2D eigenvalue weighted by atomic mass is 9.79. The van der Waals surface area contributed by atoms with E-state index in [2.05, 4.69) is 43.7 Å². The third kappa shape index (κ3) is 3.00. The first-order valence-corrected chi connectivity index (χ1v) is 9.40. The van der Waals surface area contributed by atoms with Crippen LogP contribution in [0.1, 0.15) is 43.5 Å². The van der Waals surface area contributed by atoms with Gasteiger partial charge in [0.2, 0.25) is 0 Å². The zero-order chi connectivity index (χ0) is 15.9. The Hall–Kier alpha value is -0.390. The second-order valence-corrected chi connectivity index (χ2v) is 8.53. The number of ether oxygens (including phenoxy) is 1. The molecular weight excluding hydrogens is 410 g/mol. The predicted octanol–water partition coefficient (Wildman–Crippen LogP) is 4.67. The summed E-state index contributed by atoms with van der Waals surface area (Å²) >= 11 is 6.95. The van der Waals surface area contributed by atoms with Crippen molar-refractivity contribution in [3.63, 3.8) is 0 Å². The monoisotopic (exact) mass is 429 g/mol. The number of halogens is 2. The van der Waals surface area contributed by atoms with Crippen LogP contribution in [0.15, 0.2) is 21.1 Å². The van der Waals surface area contributed by atoms with Crippen molar-refractivity contribution >= 4 is 37.6 Å². The number of Topliss-reactive ketones (excluding diaryl/α,β-unsaturated/α-hetero) is 1. The van der Waals surface area contributed by atoms with Gasteiger partial charge in [0.15, 0.2) is 5.78 Å². The van der Waals surface area contributed by atoms with Crippen LogP contribution in [0.5, 0.6) is 5.75 Å². The van der Waals surface area contributed by atoms with Gasteiger partial charge in [0.1, 0.15) is 12.4 Å². The molecule has 0 spiro atoms. The van der Waals surface area contributed by atoms with Gasteiger partial charge in [-0.3, -0.25) is 9.69 Å². The van der Waals surface area contributed by atoms with Gasteiger partial charge in [-0.05, 0) is 61.3 Å². The molecule has 2 aliphatic rings. The molecule has 1 aromatic rings. The number of carbonyl (C=O) groups excluding carboxylic acids is 1. The second kappa shape index (κ2) is 6.25. The van der Waals surface area contributed by atoms with Crippen molar-refractivity contribution in [1.29, 1.82) is 0 Å². The van der Waals surface area contributed by atoms with Crippen molar-refractivity contribution in [3.8, 4) is 5.75 Å². The first kappa shape index (κ1) is 16.5. The number of carbonyl (C=O) groups is 1. The lowest BCUT2D eigenvalue weighted by Crippen LogP contribution is -2.51. The maximum absolute atomic E-state index is 13.1. The van der Waals surface area contributed by atoms with Crippen molar-refractivity contribution in [2.24, 2.45) is 5.41 Å². The molecule has 0 aromatic heterocycles. The molecule has 0 unspecified atom stereocenters. The van der Waals surface area contributed by atoms with Crippen molar-refractivity contribution < 1.29 is 9.53 Å². The fraction of sp³-hybridized carbons (Fsp3) is 0.588. The first-order valence-electron chi connectivity index (χ1n) is 7.81. The maximum atomic E-state index is 13.1. The highest BCUT2D eigenvalue weighted by atomic mass is 79.9. The Morgan fingerprint density at radius 3 is 2.86 bits per heavy atom. The normalized spacial score (nSPS) is 29.1. The summed E-state index contributed by atoms with van der Waals surface area (Å²) in [6, 6.07) is 4.34. The molecule has 5 heteroatoms. The van der Waals surface area contributed by atoms with E-state index in [0.29, 0.717) is 24.0 Å². The molecule has 0 radical (unpaired) electrons. The zero-order valence-corrected chi connectivity index (χ0v) is 16.2. The van der Waals surface area contributed by atoms with Crippen molar-refractivity contribution in [2.75, 3.05) is 19.7 Å². The molecule has 2 aliphatic heterocycles. The number of ketones is 1. The lowest BCUT2D eigenvalue weighted by molar-refractivity contribution is 0.0401. The fourth-order valence-corrected chi connectivity index (χ4v) is 4.80. The van der Waals surface area contributed by atoms with Crippen LogP contribution in [-0.2, 0) is 0 Å². The molecule has 1 fully saturated rings. The summed E-state index contributed by atoms with van der Waals surface area (Å²) < 4.78 is 7.68. The van der Waals surface area contributed by atoms with E-state index in [0.717, 1.165) is 22.0 Å². The molecule has 1 saturated heterocycles. The lowest BCUT2D eigenvalue weighted by Gasteiger charge is -2.41. The fourth-order valence-electron chi connectivity index (χ4n) is 3.46. The molecule has 1 aromatic carbocycles. The highest BCUT2D eigenvalue weighted by Gasteiger charge is 2.43. The minimum atomic E-state index is -0.473. The topological polar surface area (TPSA) is 29.5 Å². The number of piperidine rings is 1. The van der Waals surface area contributed by atoms with Crippen molar-refractivity contribution in [1.82, 2.24) is 4.90 Å². The standard InChI is InChI=1S/C17H21Br2NO2/c1-11-5-3-4-6-20(11)9-17(2)10-22-15-13(16(17)21)7-12(18)8-14(15)19/h7-8,11H,3-6,9-10H2,1-2H3/t11-,17-/m1/s1. The Kier molecular flexibility index (Phi) is 4.68. The van der Waals surface area contributed by atoms with E-state index in [1.54, 1.807) is 0 Å². The molecule has 0 N–H and O–H groups in total. The first-order chi connectivity index (χ1) is 10.4. The third-order valence-corrected chi connectivity index (χ3v) is 5.88. The van der Waals surface area contributed by atoms with Gasteiger partial charge in [0.05, 0.1) is 15.5 Å². The smallest absolute Gasteiger partial charge is 0.177 e. The largest absolute Gasteiger partial charge is 0.491 e. The van der Waals surface area contributed by atoms with E-state index >= 15 is 0 Å². The SMILES string of the molecule is C[C@@H]1CCCCN1C[C@]1(C)COc2c(Br)cc(Br)cc2C1=O. The average molecular weight is 431 g/mol. The molecule has 0 amide bonds. The number of benzene rings is 1. The van der Waals surface area contributed by atoms with Gasteiger partial charge < -0.3 is 4.74 Å². The molecule has 3 nitrogen and oxygen atoms in total.